The second-order valence-corrected chi connectivity index (χ2v) is 4.69. The number of nitrogens with zero attached hydrogens (tertiary/aromatic N) is 1. The molecule has 1 saturated heterocycles. The van der Waals surface area contributed by atoms with Crippen molar-refractivity contribution in [1.82, 2.24) is 10.2 Å². The number of nitrogens with one attached hydrogen (secondary N) is 1. The fourth-order valence-corrected chi connectivity index (χ4v) is 2.45. The summed E-state index contributed by atoms with van der Waals surface area (Å²) in [5.74, 6) is 0. The molecule has 3 heteroatoms. The number of benzene rings is 1. The Balaban J connectivity index is 2.12. The highest BCUT2D eigenvalue weighted by molar-refractivity contribution is 5.24. The van der Waals surface area contributed by atoms with Gasteiger partial charge in [-0.3, -0.25) is 9.29 Å². The third kappa shape index (κ3) is 3.27. The second kappa shape index (κ2) is 6.12. The molecule has 0 spiro atoms. The Bertz CT molecular complexity index is 331. The van der Waals surface area contributed by atoms with Crippen LogP contribution in [0.1, 0.15) is 23.6 Å². The van der Waals surface area contributed by atoms with Crippen LogP contribution in [0, 0.1) is 6.92 Å². The Morgan fingerprint density at radius 3 is 2.47 bits per heavy atom. The second-order valence-electron chi connectivity index (χ2n) is 4.69. The summed E-state index contributed by atoms with van der Waals surface area (Å²) in [4.78, 5) is 2.39. The van der Waals surface area contributed by atoms with Crippen molar-refractivity contribution in [1.29, 1.82) is 0 Å². The van der Waals surface area contributed by atoms with Gasteiger partial charge in [0.1, 0.15) is 0 Å². The average Bonchev–Trinajstić information content (AvgIpc) is 2.38. The number of aryl methyl sites for hydroxylation is 1. The van der Waals surface area contributed by atoms with Gasteiger partial charge in [-0.15, -0.1) is 0 Å². The summed E-state index contributed by atoms with van der Waals surface area (Å²) in [6, 6.07) is 8.74. The molecule has 0 saturated carbocycles. The fourth-order valence-electron chi connectivity index (χ4n) is 2.45. The summed E-state index contributed by atoms with van der Waals surface area (Å²) in [6.45, 7) is 5.88. The third-order valence-corrected chi connectivity index (χ3v) is 3.44. The lowest BCUT2D eigenvalue weighted by Gasteiger charge is -2.35. The number of hydrogen-bond acceptors (Lipinski definition) is 2. The van der Waals surface area contributed by atoms with Gasteiger partial charge >= 0.3 is 0 Å². The summed E-state index contributed by atoms with van der Waals surface area (Å²) in [5, 5.41) is 3.34. The summed E-state index contributed by atoms with van der Waals surface area (Å²) in [5.41, 5.74) is 2.50. The molecule has 2 rings (SSSR count). The Kier molecular flexibility index (Phi) is 4.51. The SMILES string of the molecule is Cc1ccc([C@@H](CCF)N2CCNCC2)cc1. The molecule has 0 bridgehead atoms. The van der Waals surface area contributed by atoms with Gasteiger partial charge in [-0.05, 0) is 18.9 Å². The maximum atomic E-state index is 12.7. The monoisotopic (exact) mass is 236 g/mol. The van der Waals surface area contributed by atoms with Gasteiger partial charge in [0, 0.05) is 32.2 Å². The quantitative estimate of drug-likeness (QED) is 0.863. The molecule has 0 radical (unpaired) electrons. The van der Waals surface area contributed by atoms with Crippen LogP contribution in [0.25, 0.3) is 0 Å². The molecular weight excluding hydrogens is 215 g/mol. The van der Waals surface area contributed by atoms with Crippen LogP contribution in [-0.4, -0.2) is 37.8 Å². The van der Waals surface area contributed by atoms with Crippen molar-refractivity contribution in [2.45, 2.75) is 19.4 Å². The van der Waals surface area contributed by atoms with Crippen LogP contribution in [0.5, 0.6) is 0 Å². The lowest BCUT2D eigenvalue weighted by Crippen LogP contribution is -2.45. The molecule has 94 valence electrons. The van der Waals surface area contributed by atoms with E-state index in [1.807, 2.05) is 0 Å². The highest BCUT2D eigenvalue weighted by Crippen LogP contribution is 2.25. The van der Waals surface area contributed by atoms with Gasteiger partial charge in [0.05, 0.1) is 6.67 Å². The molecule has 1 aliphatic rings. The summed E-state index contributed by atoms with van der Waals surface area (Å²) in [7, 11) is 0. The number of halogens is 1. The van der Waals surface area contributed by atoms with E-state index in [0.29, 0.717) is 6.42 Å². The number of alkyl halides is 1. The minimum absolute atomic E-state index is 0.239. The van der Waals surface area contributed by atoms with E-state index in [-0.39, 0.29) is 12.7 Å². The Labute approximate surface area is 103 Å². The van der Waals surface area contributed by atoms with Crippen molar-refractivity contribution >= 4 is 0 Å². The van der Waals surface area contributed by atoms with E-state index in [0.717, 1.165) is 26.2 Å². The van der Waals surface area contributed by atoms with E-state index in [9.17, 15) is 4.39 Å². The normalized spacial score (nSPS) is 19.2. The lowest BCUT2D eigenvalue weighted by atomic mass is 10.0. The van der Waals surface area contributed by atoms with Gasteiger partial charge in [0.15, 0.2) is 0 Å². The largest absolute Gasteiger partial charge is 0.314 e. The van der Waals surface area contributed by atoms with E-state index in [1.165, 1.54) is 11.1 Å². The molecule has 0 aromatic heterocycles. The smallest absolute Gasteiger partial charge is 0.0912 e. The first-order valence-corrected chi connectivity index (χ1v) is 6.38. The molecule has 1 aromatic carbocycles. The zero-order valence-electron chi connectivity index (χ0n) is 10.5. The first kappa shape index (κ1) is 12.5. The topological polar surface area (TPSA) is 15.3 Å². The Hall–Kier alpha value is -0.930. The Morgan fingerprint density at radius 1 is 1.24 bits per heavy atom. The van der Waals surface area contributed by atoms with Crippen LogP contribution >= 0.6 is 0 Å². The summed E-state index contributed by atoms with van der Waals surface area (Å²) in [6.07, 6.45) is 0.600. The van der Waals surface area contributed by atoms with Crippen molar-refractivity contribution in [3.63, 3.8) is 0 Å². The maximum Gasteiger partial charge on any atom is 0.0912 e. The van der Waals surface area contributed by atoms with Crippen molar-refractivity contribution in [3.05, 3.63) is 35.4 Å². The maximum absolute atomic E-state index is 12.7. The molecule has 1 fully saturated rings. The first-order valence-electron chi connectivity index (χ1n) is 6.38. The number of rotatable bonds is 4. The molecule has 0 unspecified atom stereocenters. The van der Waals surface area contributed by atoms with Crippen LogP contribution < -0.4 is 5.32 Å². The molecule has 0 amide bonds. The molecule has 17 heavy (non-hydrogen) atoms. The summed E-state index contributed by atoms with van der Waals surface area (Å²) >= 11 is 0. The molecule has 2 nitrogen and oxygen atoms in total. The van der Waals surface area contributed by atoms with E-state index in [1.54, 1.807) is 0 Å². The zero-order valence-corrected chi connectivity index (χ0v) is 10.5. The van der Waals surface area contributed by atoms with Crippen LogP contribution in [-0.2, 0) is 0 Å². The summed E-state index contributed by atoms with van der Waals surface area (Å²) < 4.78 is 12.7. The minimum atomic E-state index is -0.248. The van der Waals surface area contributed by atoms with Crippen LogP contribution in [0.2, 0.25) is 0 Å². The molecule has 1 heterocycles. The van der Waals surface area contributed by atoms with Crippen LogP contribution in [0.15, 0.2) is 24.3 Å². The van der Waals surface area contributed by atoms with E-state index in [4.69, 9.17) is 0 Å². The lowest BCUT2D eigenvalue weighted by molar-refractivity contribution is 0.157. The molecular formula is C14H21FN2. The third-order valence-electron chi connectivity index (χ3n) is 3.44. The standard InChI is InChI=1S/C14H21FN2/c1-12-2-4-13(5-3-12)14(6-7-15)17-10-8-16-9-11-17/h2-5,14,16H,6-11H2,1H3/t14-/m1/s1. The van der Waals surface area contributed by atoms with E-state index >= 15 is 0 Å². The molecule has 1 aliphatic heterocycles. The van der Waals surface area contributed by atoms with Gasteiger partial charge in [-0.2, -0.15) is 0 Å². The van der Waals surface area contributed by atoms with Crippen molar-refractivity contribution in [2.24, 2.45) is 0 Å². The fraction of sp³-hybridized carbons (Fsp3) is 0.571. The van der Waals surface area contributed by atoms with Gasteiger partial charge < -0.3 is 5.32 Å². The zero-order chi connectivity index (χ0) is 12.1. The van der Waals surface area contributed by atoms with E-state index < -0.39 is 0 Å². The minimum Gasteiger partial charge on any atom is -0.314 e. The van der Waals surface area contributed by atoms with Gasteiger partial charge in [-0.1, -0.05) is 29.8 Å². The number of piperazine rings is 1. The highest BCUT2D eigenvalue weighted by Gasteiger charge is 2.21. The molecule has 1 aromatic rings. The van der Waals surface area contributed by atoms with Crippen molar-refractivity contribution in [3.8, 4) is 0 Å². The van der Waals surface area contributed by atoms with Gasteiger partial charge in [0.2, 0.25) is 0 Å². The predicted molar refractivity (Wildman–Crippen MR) is 69.0 cm³/mol. The van der Waals surface area contributed by atoms with Gasteiger partial charge in [-0.25, -0.2) is 0 Å². The van der Waals surface area contributed by atoms with Gasteiger partial charge in [0.25, 0.3) is 0 Å². The van der Waals surface area contributed by atoms with Crippen LogP contribution in [0.3, 0.4) is 0 Å². The predicted octanol–water partition coefficient (Wildman–Crippen LogP) is 2.30. The first-order chi connectivity index (χ1) is 8.31. The average molecular weight is 236 g/mol. The van der Waals surface area contributed by atoms with E-state index in [2.05, 4.69) is 41.4 Å². The molecule has 0 aliphatic carbocycles. The van der Waals surface area contributed by atoms with Crippen molar-refractivity contribution in [2.75, 3.05) is 32.9 Å². The molecule has 1 N–H and O–H groups in total. The molecule has 1 atom stereocenters. The Morgan fingerprint density at radius 2 is 1.88 bits per heavy atom. The number of hydrogen-bond donors (Lipinski definition) is 1. The highest BCUT2D eigenvalue weighted by atomic mass is 19.1. The van der Waals surface area contributed by atoms with Crippen molar-refractivity contribution < 1.29 is 4.39 Å². The van der Waals surface area contributed by atoms with Crippen LogP contribution in [0.4, 0.5) is 4.39 Å².